The minimum Gasteiger partial charge on any atom is -0.330 e. The van der Waals surface area contributed by atoms with Crippen molar-refractivity contribution in [2.24, 2.45) is 0 Å². The zero-order valence-corrected chi connectivity index (χ0v) is 8.22. The second-order valence-electron chi connectivity index (χ2n) is 3.46. The van der Waals surface area contributed by atoms with Crippen molar-refractivity contribution in [3.05, 3.63) is 24.3 Å². The van der Waals surface area contributed by atoms with Crippen molar-refractivity contribution in [2.45, 2.75) is 12.8 Å². The molecule has 78 valence electrons. The highest BCUT2D eigenvalue weighted by Gasteiger charge is 2.23. The lowest BCUT2D eigenvalue weighted by molar-refractivity contribution is -0.121. The minimum atomic E-state index is -0.212. The number of hydrogen-bond acceptors (Lipinski definition) is 4. The number of nitrogens with zero attached hydrogens (tertiary/aromatic N) is 3. The molecule has 1 saturated heterocycles. The Labute approximate surface area is 87.1 Å². The van der Waals surface area contributed by atoms with E-state index in [-0.39, 0.29) is 18.2 Å². The third kappa shape index (κ3) is 2.18. The second-order valence-corrected chi connectivity index (χ2v) is 3.46. The maximum absolute atomic E-state index is 11.8. The molecule has 2 rings (SSSR count). The van der Waals surface area contributed by atoms with Crippen LogP contribution in [0.4, 0.5) is 0 Å². The quantitative estimate of drug-likeness (QED) is 0.660. The lowest BCUT2D eigenvalue weighted by atomic mass is 10.1. The summed E-state index contributed by atoms with van der Waals surface area (Å²) < 4.78 is 0. The Morgan fingerprint density at radius 2 is 2.27 bits per heavy atom. The number of carbonyl (C=O) groups excluding carboxylic acids is 2. The van der Waals surface area contributed by atoms with E-state index in [0.29, 0.717) is 18.7 Å². The fourth-order valence-corrected chi connectivity index (χ4v) is 1.58. The van der Waals surface area contributed by atoms with E-state index >= 15 is 0 Å². The van der Waals surface area contributed by atoms with Gasteiger partial charge < -0.3 is 4.90 Å². The van der Waals surface area contributed by atoms with Gasteiger partial charge in [-0.3, -0.25) is 14.6 Å². The zero-order chi connectivity index (χ0) is 10.7. The second kappa shape index (κ2) is 4.16. The van der Waals surface area contributed by atoms with E-state index in [1.54, 1.807) is 0 Å². The first-order valence-electron chi connectivity index (χ1n) is 4.84. The van der Waals surface area contributed by atoms with Crippen molar-refractivity contribution < 1.29 is 9.59 Å². The number of piperidine rings is 1. The standard InChI is InChI=1S/C10H11N3O2/c14-8-2-1-5-13(7-8)10(15)9-6-11-3-4-12-9/h3-4,6H,1-2,5,7H2. The lowest BCUT2D eigenvalue weighted by Crippen LogP contribution is -2.40. The molecule has 0 unspecified atom stereocenters. The van der Waals surface area contributed by atoms with Crippen molar-refractivity contribution in [2.75, 3.05) is 13.1 Å². The Kier molecular flexibility index (Phi) is 2.71. The average molecular weight is 205 g/mol. The monoisotopic (exact) mass is 205 g/mol. The molecule has 1 aliphatic heterocycles. The zero-order valence-electron chi connectivity index (χ0n) is 8.22. The van der Waals surface area contributed by atoms with Gasteiger partial charge in [0.15, 0.2) is 5.78 Å². The van der Waals surface area contributed by atoms with E-state index in [9.17, 15) is 9.59 Å². The van der Waals surface area contributed by atoms with Gasteiger partial charge in [-0.25, -0.2) is 4.98 Å². The summed E-state index contributed by atoms with van der Waals surface area (Å²) in [7, 11) is 0. The molecule has 0 N–H and O–H groups in total. The molecule has 1 fully saturated rings. The molecular formula is C10H11N3O2. The third-order valence-corrected chi connectivity index (χ3v) is 2.32. The molecule has 0 aromatic carbocycles. The predicted molar refractivity (Wildman–Crippen MR) is 52.2 cm³/mol. The molecule has 2 heterocycles. The first-order valence-corrected chi connectivity index (χ1v) is 4.84. The SMILES string of the molecule is O=C1CCCN(C(=O)c2cnccn2)C1. The number of amides is 1. The van der Waals surface area contributed by atoms with Crippen LogP contribution in [0.1, 0.15) is 23.3 Å². The van der Waals surface area contributed by atoms with E-state index in [1.807, 2.05) is 0 Å². The Bertz CT molecular complexity index is 378. The van der Waals surface area contributed by atoms with Crippen LogP contribution in [-0.4, -0.2) is 39.6 Å². The largest absolute Gasteiger partial charge is 0.330 e. The molecule has 0 radical (unpaired) electrons. The van der Waals surface area contributed by atoms with Crippen LogP contribution >= 0.6 is 0 Å². The summed E-state index contributed by atoms with van der Waals surface area (Å²) in [6.45, 7) is 0.830. The summed E-state index contributed by atoms with van der Waals surface area (Å²) in [5.41, 5.74) is 0.298. The van der Waals surface area contributed by atoms with Crippen LogP contribution in [0.5, 0.6) is 0 Å². The van der Waals surface area contributed by atoms with Crippen molar-refractivity contribution in [3.63, 3.8) is 0 Å². The summed E-state index contributed by atoms with van der Waals surface area (Å²) >= 11 is 0. The molecule has 15 heavy (non-hydrogen) atoms. The van der Waals surface area contributed by atoms with Crippen LogP contribution < -0.4 is 0 Å². The lowest BCUT2D eigenvalue weighted by Gasteiger charge is -2.25. The Morgan fingerprint density at radius 1 is 1.40 bits per heavy atom. The van der Waals surface area contributed by atoms with E-state index in [0.717, 1.165) is 6.42 Å². The molecule has 5 nitrogen and oxygen atoms in total. The van der Waals surface area contributed by atoms with Crippen molar-refractivity contribution in [1.82, 2.24) is 14.9 Å². The molecule has 1 amide bonds. The van der Waals surface area contributed by atoms with Gasteiger partial charge in [0.1, 0.15) is 5.69 Å². The molecule has 5 heteroatoms. The number of rotatable bonds is 1. The van der Waals surface area contributed by atoms with Gasteiger partial charge in [-0.15, -0.1) is 0 Å². The van der Waals surface area contributed by atoms with Crippen molar-refractivity contribution >= 4 is 11.7 Å². The van der Waals surface area contributed by atoms with E-state index in [4.69, 9.17) is 0 Å². The molecule has 0 bridgehead atoms. The van der Waals surface area contributed by atoms with Crippen molar-refractivity contribution in [1.29, 1.82) is 0 Å². The number of ketones is 1. The fourth-order valence-electron chi connectivity index (χ4n) is 1.58. The summed E-state index contributed by atoms with van der Waals surface area (Å²) in [4.78, 5) is 32.3. The molecule has 0 spiro atoms. The molecular weight excluding hydrogens is 194 g/mol. The van der Waals surface area contributed by atoms with Crippen LogP contribution in [0.2, 0.25) is 0 Å². The number of hydrogen-bond donors (Lipinski definition) is 0. The van der Waals surface area contributed by atoms with Gasteiger partial charge in [0.2, 0.25) is 0 Å². The van der Waals surface area contributed by atoms with E-state index in [2.05, 4.69) is 9.97 Å². The topological polar surface area (TPSA) is 63.2 Å². The first-order chi connectivity index (χ1) is 7.27. The van der Waals surface area contributed by atoms with Gasteiger partial charge in [-0.1, -0.05) is 0 Å². The van der Waals surface area contributed by atoms with E-state index < -0.39 is 0 Å². The molecule has 0 saturated carbocycles. The van der Waals surface area contributed by atoms with Gasteiger partial charge in [-0.05, 0) is 6.42 Å². The predicted octanol–water partition coefficient (Wildman–Crippen LogP) is 0.282. The molecule has 1 aromatic rings. The van der Waals surface area contributed by atoms with Gasteiger partial charge >= 0.3 is 0 Å². The Balaban J connectivity index is 2.11. The number of likely N-dealkylation sites (tertiary alicyclic amines) is 1. The van der Waals surface area contributed by atoms with Crippen molar-refractivity contribution in [3.8, 4) is 0 Å². The van der Waals surface area contributed by atoms with Crippen LogP contribution in [0.25, 0.3) is 0 Å². The molecule has 1 aliphatic rings. The Morgan fingerprint density at radius 3 is 2.93 bits per heavy atom. The van der Waals surface area contributed by atoms with Crippen LogP contribution in [0.3, 0.4) is 0 Å². The number of Topliss-reactive ketones (excluding diaryl/α,β-unsaturated/α-hetero) is 1. The van der Waals surface area contributed by atoms with Crippen LogP contribution in [0, 0.1) is 0 Å². The average Bonchev–Trinajstić information content (AvgIpc) is 2.29. The maximum atomic E-state index is 11.8. The summed E-state index contributed by atoms with van der Waals surface area (Å²) in [5.74, 6) is -0.102. The van der Waals surface area contributed by atoms with Gasteiger partial charge in [0.25, 0.3) is 5.91 Å². The summed E-state index contributed by atoms with van der Waals surface area (Å²) in [5, 5.41) is 0. The number of aromatic nitrogens is 2. The highest BCUT2D eigenvalue weighted by atomic mass is 16.2. The molecule has 0 aliphatic carbocycles. The Hall–Kier alpha value is -1.78. The van der Waals surface area contributed by atoms with E-state index in [1.165, 1.54) is 23.5 Å². The summed E-state index contributed by atoms with van der Waals surface area (Å²) in [6, 6.07) is 0. The highest BCUT2D eigenvalue weighted by molar-refractivity contribution is 5.95. The minimum absolute atomic E-state index is 0.110. The summed E-state index contributed by atoms with van der Waals surface area (Å²) in [6.07, 6.45) is 5.72. The number of carbonyl (C=O) groups is 2. The fraction of sp³-hybridized carbons (Fsp3) is 0.400. The highest BCUT2D eigenvalue weighted by Crippen LogP contribution is 2.08. The normalized spacial score (nSPS) is 16.5. The van der Waals surface area contributed by atoms with Gasteiger partial charge in [0, 0.05) is 25.4 Å². The van der Waals surface area contributed by atoms with Crippen LogP contribution in [0.15, 0.2) is 18.6 Å². The smallest absolute Gasteiger partial charge is 0.274 e. The third-order valence-electron chi connectivity index (χ3n) is 2.32. The molecule has 1 aromatic heterocycles. The van der Waals surface area contributed by atoms with Gasteiger partial charge in [-0.2, -0.15) is 0 Å². The molecule has 0 atom stereocenters. The maximum Gasteiger partial charge on any atom is 0.274 e. The van der Waals surface area contributed by atoms with Crippen LogP contribution in [-0.2, 0) is 4.79 Å². The van der Waals surface area contributed by atoms with Gasteiger partial charge in [0.05, 0.1) is 12.7 Å². The first kappa shape index (κ1) is 9.76.